The molecule has 170 valence electrons. The summed E-state index contributed by atoms with van der Waals surface area (Å²) >= 11 is 6.00. The van der Waals surface area contributed by atoms with Crippen LogP contribution in [0.5, 0.6) is 0 Å². The number of benzene rings is 2. The molecule has 4 aromatic rings. The van der Waals surface area contributed by atoms with Crippen molar-refractivity contribution in [3.05, 3.63) is 71.0 Å². The first kappa shape index (κ1) is 22.3. The van der Waals surface area contributed by atoms with Crippen LogP contribution in [0.3, 0.4) is 0 Å². The summed E-state index contributed by atoms with van der Waals surface area (Å²) in [6, 6.07) is 7.81. The fourth-order valence-corrected chi connectivity index (χ4v) is 3.44. The standard InChI is InChI=1S/C20H10ClF5N4O3/c21-12-5-2-6-13(23)14(12)15-16(28-19(31)32)17(33-29-15)11-8-27-30(18(11)20(24,25)26)10-4-1-3-9(22)7-10/h1-8,28H,(H,31,32). The summed E-state index contributed by atoms with van der Waals surface area (Å²) in [6.07, 6.45) is -5.98. The van der Waals surface area contributed by atoms with E-state index in [9.17, 15) is 31.9 Å². The van der Waals surface area contributed by atoms with E-state index in [0.29, 0.717) is 4.68 Å². The Morgan fingerprint density at radius 3 is 2.52 bits per heavy atom. The Morgan fingerprint density at radius 2 is 1.88 bits per heavy atom. The molecule has 2 N–H and O–H groups in total. The molecule has 13 heteroatoms. The molecule has 0 bridgehead atoms. The highest BCUT2D eigenvalue weighted by Gasteiger charge is 2.41. The molecule has 33 heavy (non-hydrogen) atoms. The molecule has 0 saturated heterocycles. The average Bonchev–Trinajstić information content (AvgIpc) is 3.32. The molecule has 2 aromatic heterocycles. The lowest BCUT2D eigenvalue weighted by molar-refractivity contribution is -0.142. The van der Waals surface area contributed by atoms with Gasteiger partial charge in [0.1, 0.15) is 23.0 Å². The summed E-state index contributed by atoms with van der Waals surface area (Å²) in [4.78, 5) is 11.4. The lowest BCUT2D eigenvalue weighted by Gasteiger charge is -2.12. The Morgan fingerprint density at radius 1 is 1.15 bits per heavy atom. The van der Waals surface area contributed by atoms with Gasteiger partial charge in [-0.25, -0.2) is 18.3 Å². The zero-order valence-electron chi connectivity index (χ0n) is 16.0. The van der Waals surface area contributed by atoms with Gasteiger partial charge in [-0.3, -0.25) is 5.32 Å². The molecule has 0 aliphatic rings. The van der Waals surface area contributed by atoms with Gasteiger partial charge in [-0.1, -0.05) is 28.9 Å². The molecule has 2 aromatic carbocycles. The first-order valence-electron chi connectivity index (χ1n) is 8.93. The summed E-state index contributed by atoms with van der Waals surface area (Å²) in [5.41, 5.74) is -3.81. The van der Waals surface area contributed by atoms with Crippen molar-refractivity contribution in [1.82, 2.24) is 14.9 Å². The molecule has 0 aliphatic heterocycles. The Hall–Kier alpha value is -3.93. The van der Waals surface area contributed by atoms with E-state index < -0.39 is 52.3 Å². The second-order valence-electron chi connectivity index (χ2n) is 6.56. The number of rotatable bonds is 4. The van der Waals surface area contributed by atoms with E-state index in [2.05, 4.69) is 10.3 Å². The van der Waals surface area contributed by atoms with E-state index in [1.54, 1.807) is 0 Å². The molecule has 0 fully saturated rings. The minimum absolute atomic E-state index is 0.185. The topological polar surface area (TPSA) is 93.2 Å². The van der Waals surface area contributed by atoms with Gasteiger partial charge in [0.25, 0.3) is 0 Å². The predicted molar refractivity (Wildman–Crippen MR) is 106 cm³/mol. The van der Waals surface area contributed by atoms with Crippen molar-refractivity contribution in [2.24, 2.45) is 0 Å². The fraction of sp³-hybridized carbons (Fsp3) is 0.0500. The van der Waals surface area contributed by atoms with Gasteiger partial charge in [-0.15, -0.1) is 0 Å². The van der Waals surface area contributed by atoms with E-state index >= 15 is 0 Å². The normalized spacial score (nSPS) is 11.6. The molecular formula is C20H10ClF5N4O3. The van der Waals surface area contributed by atoms with Crippen LogP contribution in [-0.4, -0.2) is 26.1 Å². The molecule has 0 unspecified atom stereocenters. The third kappa shape index (κ3) is 4.12. The van der Waals surface area contributed by atoms with E-state index in [1.165, 1.54) is 24.3 Å². The second-order valence-corrected chi connectivity index (χ2v) is 6.97. The van der Waals surface area contributed by atoms with Gasteiger partial charge in [-0.05, 0) is 30.3 Å². The molecule has 7 nitrogen and oxygen atoms in total. The van der Waals surface area contributed by atoms with Crippen LogP contribution in [0.1, 0.15) is 5.69 Å². The molecule has 1 amide bonds. The number of nitrogens with one attached hydrogen (secondary N) is 1. The second kappa shape index (κ2) is 8.20. The maximum atomic E-state index is 14.4. The Balaban J connectivity index is 1.99. The summed E-state index contributed by atoms with van der Waals surface area (Å²) in [6.45, 7) is 0. The smallest absolute Gasteiger partial charge is 0.434 e. The number of amides is 1. The van der Waals surface area contributed by atoms with Crippen LogP contribution in [-0.2, 0) is 6.18 Å². The summed E-state index contributed by atoms with van der Waals surface area (Å²) < 4.78 is 75.6. The number of hydrogen-bond acceptors (Lipinski definition) is 4. The number of anilines is 1. The molecule has 0 aliphatic carbocycles. The van der Waals surface area contributed by atoms with E-state index in [-0.39, 0.29) is 16.3 Å². The van der Waals surface area contributed by atoms with Crippen LogP contribution < -0.4 is 5.32 Å². The number of alkyl halides is 3. The van der Waals surface area contributed by atoms with Gasteiger partial charge >= 0.3 is 12.3 Å². The van der Waals surface area contributed by atoms with Crippen molar-refractivity contribution in [2.45, 2.75) is 6.18 Å². The molecule has 4 rings (SSSR count). The number of aromatic nitrogens is 3. The quantitative estimate of drug-likeness (QED) is 0.335. The number of hydrogen-bond donors (Lipinski definition) is 2. The zero-order valence-corrected chi connectivity index (χ0v) is 16.7. The first-order chi connectivity index (χ1) is 15.6. The zero-order chi connectivity index (χ0) is 23.9. The van der Waals surface area contributed by atoms with Crippen LogP contribution in [0.15, 0.2) is 53.2 Å². The maximum Gasteiger partial charge on any atom is 0.434 e. The molecule has 2 heterocycles. The van der Waals surface area contributed by atoms with Crippen molar-refractivity contribution in [3.63, 3.8) is 0 Å². The van der Waals surface area contributed by atoms with Crippen LogP contribution in [0.25, 0.3) is 28.3 Å². The van der Waals surface area contributed by atoms with Gasteiger partial charge in [0.15, 0.2) is 11.5 Å². The van der Waals surface area contributed by atoms with Crippen molar-refractivity contribution < 1.29 is 36.4 Å². The SMILES string of the molecule is O=C(O)Nc1c(-c2c(F)cccc2Cl)noc1-c1cnn(-c2cccc(F)c2)c1C(F)(F)F. The minimum atomic E-state index is -5.04. The van der Waals surface area contributed by atoms with Gasteiger partial charge in [-0.2, -0.15) is 18.3 Å². The molecule has 0 atom stereocenters. The molecule has 0 saturated carbocycles. The Kier molecular flexibility index (Phi) is 5.54. The summed E-state index contributed by atoms with van der Waals surface area (Å²) in [5.74, 6) is -2.41. The number of nitrogens with zero attached hydrogens (tertiary/aromatic N) is 3. The monoisotopic (exact) mass is 484 g/mol. The molecular weight excluding hydrogens is 475 g/mol. The predicted octanol–water partition coefficient (Wildman–Crippen LogP) is 6.23. The molecule has 0 radical (unpaired) electrons. The highest BCUT2D eigenvalue weighted by molar-refractivity contribution is 6.33. The highest BCUT2D eigenvalue weighted by atomic mass is 35.5. The largest absolute Gasteiger partial charge is 0.465 e. The van der Waals surface area contributed by atoms with Crippen molar-refractivity contribution in [2.75, 3.05) is 5.32 Å². The van der Waals surface area contributed by atoms with Gasteiger partial charge < -0.3 is 9.63 Å². The number of halogens is 6. The van der Waals surface area contributed by atoms with Crippen LogP contribution in [0.2, 0.25) is 5.02 Å². The van der Waals surface area contributed by atoms with Crippen LogP contribution in [0, 0.1) is 11.6 Å². The lowest BCUT2D eigenvalue weighted by Crippen LogP contribution is -2.15. The maximum absolute atomic E-state index is 14.4. The summed E-state index contributed by atoms with van der Waals surface area (Å²) in [7, 11) is 0. The van der Waals surface area contributed by atoms with Gasteiger partial charge in [0.2, 0.25) is 0 Å². The van der Waals surface area contributed by atoms with Crippen LogP contribution in [0.4, 0.5) is 32.4 Å². The highest BCUT2D eigenvalue weighted by Crippen LogP contribution is 2.45. The third-order valence-corrected chi connectivity index (χ3v) is 4.77. The molecule has 0 spiro atoms. The number of carbonyl (C=O) groups is 1. The Bertz CT molecular complexity index is 1350. The van der Waals surface area contributed by atoms with Crippen molar-refractivity contribution >= 4 is 23.4 Å². The lowest BCUT2D eigenvalue weighted by atomic mass is 10.1. The van der Waals surface area contributed by atoms with E-state index in [0.717, 1.165) is 24.4 Å². The van der Waals surface area contributed by atoms with E-state index in [1.807, 2.05) is 5.32 Å². The fourth-order valence-electron chi connectivity index (χ4n) is 3.18. The summed E-state index contributed by atoms with van der Waals surface area (Å²) in [5, 5.41) is 18.2. The average molecular weight is 485 g/mol. The minimum Gasteiger partial charge on any atom is -0.465 e. The van der Waals surface area contributed by atoms with Crippen molar-refractivity contribution in [1.29, 1.82) is 0 Å². The Labute approximate surface area is 186 Å². The number of carboxylic acid groups (broad SMARTS) is 1. The van der Waals surface area contributed by atoms with Crippen molar-refractivity contribution in [3.8, 4) is 28.3 Å². The van der Waals surface area contributed by atoms with Gasteiger partial charge in [0.05, 0.1) is 28.0 Å². The first-order valence-corrected chi connectivity index (χ1v) is 9.31. The van der Waals surface area contributed by atoms with E-state index in [4.69, 9.17) is 16.1 Å². The third-order valence-electron chi connectivity index (χ3n) is 4.46. The van der Waals surface area contributed by atoms with Gasteiger partial charge in [0, 0.05) is 0 Å². The van der Waals surface area contributed by atoms with Crippen LogP contribution >= 0.6 is 11.6 Å².